The molecule has 1 aliphatic carbocycles. The van der Waals surface area contributed by atoms with Crippen molar-refractivity contribution in [3.05, 3.63) is 59.4 Å². The van der Waals surface area contributed by atoms with Gasteiger partial charge in [0.05, 0.1) is 11.3 Å². The Bertz CT molecular complexity index is 899. The second kappa shape index (κ2) is 6.84. The van der Waals surface area contributed by atoms with E-state index in [1.54, 1.807) is 24.3 Å². The van der Waals surface area contributed by atoms with Gasteiger partial charge in [0.25, 0.3) is 0 Å². The summed E-state index contributed by atoms with van der Waals surface area (Å²) in [6.45, 7) is 0.261. The van der Waals surface area contributed by atoms with Crippen LogP contribution >= 0.6 is 0 Å². The van der Waals surface area contributed by atoms with E-state index in [0.717, 1.165) is 5.56 Å². The molecule has 0 saturated heterocycles. The number of benzene rings is 2. The van der Waals surface area contributed by atoms with Gasteiger partial charge in [0.2, 0.25) is 11.8 Å². The van der Waals surface area contributed by atoms with Gasteiger partial charge in [-0.15, -0.1) is 0 Å². The lowest BCUT2D eigenvalue weighted by molar-refractivity contribution is -0.135. The van der Waals surface area contributed by atoms with Crippen LogP contribution < -0.4 is 16.4 Å². The number of nitrogens with zero attached hydrogens (tertiary/aromatic N) is 1. The van der Waals surface area contributed by atoms with Crippen molar-refractivity contribution in [2.75, 3.05) is 5.32 Å². The van der Waals surface area contributed by atoms with E-state index in [2.05, 4.69) is 10.6 Å². The van der Waals surface area contributed by atoms with E-state index in [1.165, 1.54) is 18.2 Å². The molecule has 0 aromatic heterocycles. The van der Waals surface area contributed by atoms with Gasteiger partial charge in [0.15, 0.2) is 0 Å². The summed E-state index contributed by atoms with van der Waals surface area (Å²) in [4.78, 5) is 23.4. The van der Waals surface area contributed by atoms with Crippen molar-refractivity contribution < 1.29 is 14.0 Å². The highest BCUT2D eigenvalue weighted by Crippen LogP contribution is 2.45. The maximum atomic E-state index is 13.9. The summed E-state index contributed by atoms with van der Waals surface area (Å²) in [7, 11) is 0. The maximum absolute atomic E-state index is 13.9. The average molecular weight is 352 g/mol. The first-order valence-corrected chi connectivity index (χ1v) is 8.09. The highest BCUT2D eigenvalue weighted by Gasteiger charge is 2.55. The number of nitrogens with one attached hydrogen (secondary N) is 2. The van der Waals surface area contributed by atoms with Crippen LogP contribution in [0.4, 0.5) is 15.8 Å². The number of amides is 2. The lowest BCUT2D eigenvalue weighted by atomic mass is 10.1. The second-order valence-corrected chi connectivity index (χ2v) is 6.23. The molecule has 132 valence electrons. The third-order valence-corrected chi connectivity index (χ3v) is 4.47. The summed E-state index contributed by atoms with van der Waals surface area (Å²) < 4.78 is 13.9. The van der Waals surface area contributed by atoms with Crippen molar-refractivity contribution in [2.24, 2.45) is 11.1 Å². The molecule has 0 unspecified atom stereocenters. The fraction of sp³-hybridized carbons (Fsp3) is 0.211. The molecule has 4 N–H and O–H groups in total. The van der Waals surface area contributed by atoms with Crippen molar-refractivity contribution in [3.8, 4) is 6.07 Å². The highest BCUT2D eigenvalue weighted by atomic mass is 19.1. The number of rotatable bonds is 6. The van der Waals surface area contributed by atoms with Crippen LogP contribution in [0.5, 0.6) is 0 Å². The minimum atomic E-state index is -1.04. The number of para-hydroxylation sites is 1. The lowest BCUT2D eigenvalue weighted by Gasteiger charge is -2.13. The van der Waals surface area contributed by atoms with Crippen molar-refractivity contribution >= 4 is 23.2 Å². The molecule has 2 amide bonds. The number of halogens is 1. The molecule has 26 heavy (non-hydrogen) atoms. The Kier molecular flexibility index (Phi) is 4.59. The zero-order chi connectivity index (χ0) is 18.7. The van der Waals surface area contributed by atoms with Gasteiger partial charge in [-0.3, -0.25) is 9.59 Å². The van der Waals surface area contributed by atoms with Gasteiger partial charge in [-0.1, -0.05) is 18.2 Å². The predicted octanol–water partition coefficient (Wildman–Crippen LogP) is 2.32. The molecule has 1 aliphatic rings. The van der Waals surface area contributed by atoms with Crippen LogP contribution in [0.15, 0.2) is 42.5 Å². The minimum Gasteiger partial charge on any atom is -0.369 e. The van der Waals surface area contributed by atoms with E-state index in [-0.39, 0.29) is 23.7 Å². The fourth-order valence-corrected chi connectivity index (χ4v) is 2.66. The topological polar surface area (TPSA) is 108 Å². The molecule has 7 heteroatoms. The fourth-order valence-electron chi connectivity index (χ4n) is 2.66. The standard InChI is InChI=1S/C19H17FN4O2/c20-15-3-1-2-13(10-21)16(15)24-14-6-4-12(5-7-14)11-23-18(26)19(8-9-19)17(22)25/h1-7,24H,8-9,11H2,(H2,22,25)(H,23,26). The van der Waals surface area contributed by atoms with Gasteiger partial charge in [0.1, 0.15) is 17.3 Å². The molecule has 0 radical (unpaired) electrons. The maximum Gasteiger partial charge on any atom is 0.235 e. The number of carbonyl (C=O) groups excluding carboxylic acids is 2. The third kappa shape index (κ3) is 3.35. The molecule has 6 nitrogen and oxygen atoms in total. The molecule has 2 aromatic rings. The van der Waals surface area contributed by atoms with Crippen molar-refractivity contribution in [1.29, 1.82) is 5.26 Å². The summed E-state index contributed by atoms with van der Waals surface area (Å²) in [6.07, 6.45) is 0.974. The van der Waals surface area contributed by atoms with Gasteiger partial charge in [-0.25, -0.2) is 4.39 Å². The molecular formula is C19H17FN4O2. The Balaban J connectivity index is 1.64. The van der Waals surface area contributed by atoms with Crippen LogP contribution in [-0.4, -0.2) is 11.8 Å². The normalized spacial score (nSPS) is 14.2. The number of carbonyl (C=O) groups is 2. The van der Waals surface area contributed by atoms with Gasteiger partial charge in [-0.05, 0) is 42.7 Å². The number of nitriles is 1. The van der Waals surface area contributed by atoms with Crippen molar-refractivity contribution in [1.82, 2.24) is 5.32 Å². The molecule has 0 bridgehead atoms. The Morgan fingerprint density at radius 3 is 2.46 bits per heavy atom. The summed E-state index contributed by atoms with van der Waals surface area (Å²) in [5, 5.41) is 14.7. The average Bonchev–Trinajstić information content (AvgIpc) is 3.44. The number of anilines is 2. The van der Waals surface area contributed by atoms with Gasteiger partial charge < -0.3 is 16.4 Å². The second-order valence-electron chi connectivity index (χ2n) is 6.23. The van der Waals surface area contributed by atoms with E-state index in [4.69, 9.17) is 11.0 Å². The number of hydrogen-bond acceptors (Lipinski definition) is 4. The molecule has 0 aliphatic heterocycles. The van der Waals surface area contributed by atoms with E-state index < -0.39 is 17.1 Å². The first-order chi connectivity index (χ1) is 12.5. The highest BCUT2D eigenvalue weighted by molar-refractivity contribution is 6.07. The van der Waals surface area contributed by atoms with E-state index in [9.17, 15) is 14.0 Å². The largest absolute Gasteiger partial charge is 0.369 e. The number of hydrogen-bond donors (Lipinski definition) is 3. The van der Waals surface area contributed by atoms with E-state index in [1.807, 2.05) is 6.07 Å². The van der Waals surface area contributed by atoms with Crippen LogP contribution in [0.2, 0.25) is 0 Å². The quantitative estimate of drug-likeness (QED) is 0.693. The van der Waals surface area contributed by atoms with Crippen molar-refractivity contribution in [2.45, 2.75) is 19.4 Å². The van der Waals surface area contributed by atoms with Crippen molar-refractivity contribution in [3.63, 3.8) is 0 Å². The summed E-state index contributed by atoms with van der Waals surface area (Å²) >= 11 is 0. The summed E-state index contributed by atoms with van der Waals surface area (Å²) in [5.41, 5.74) is 5.98. The smallest absolute Gasteiger partial charge is 0.235 e. The molecular weight excluding hydrogens is 335 g/mol. The van der Waals surface area contributed by atoms with Crippen LogP contribution in [0, 0.1) is 22.6 Å². The lowest BCUT2D eigenvalue weighted by Crippen LogP contribution is -2.40. The van der Waals surface area contributed by atoms with Crippen LogP contribution in [0.3, 0.4) is 0 Å². The van der Waals surface area contributed by atoms with Crippen LogP contribution in [0.25, 0.3) is 0 Å². The molecule has 0 heterocycles. The first-order valence-electron chi connectivity index (χ1n) is 8.09. The molecule has 0 spiro atoms. The number of nitrogens with two attached hydrogens (primary N) is 1. The molecule has 1 saturated carbocycles. The Hall–Kier alpha value is -3.40. The SMILES string of the molecule is N#Cc1cccc(F)c1Nc1ccc(CNC(=O)C2(C(N)=O)CC2)cc1. The summed E-state index contributed by atoms with van der Waals surface area (Å²) in [6, 6.07) is 13.2. The van der Waals surface area contributed by atoms with Gasteiger partial charge >= 0.3 is 0 Å². The molecule has 3 rings (SSSR count). The Labute approximate surface area is 149 Å². The van der Waals surface area contributed by atoms with E-state index in [0.29, 0.717) is 18.5 Å². The van der Waals surface area contributed by atoms with Gasteiger partial charge in [-0.2, -0.15) is 5.26 Å². The molecule has 1 fully saturated rings. The predicted molar refractivity (Wildman–Crippen MR) is 93.5 cm³/mol. The van der Waals surface area contributed by atoms with Gasteiger partial charge in [0, 0.05) is 12.2 Å². The zero-order valence-electron chi connectivity index (χ0n) is 13.9. The first kappa shape index (κ1) is 17.4. The molecule has 2 aromatic carbocycles. The Morgan fingerprint density at radius 2 is 1.88 bits per heavy atom. The zero-order valence-corrected chi connectivity index (χ0v) is 13.9. The molecule has 0 atom stereocenters. The van der Waals surface area contributed by atoms with Crippen LogP contribution in [-0.2, 0) is 16.1 Å². The van der Waals surface area contributed by atoms with E-state index >= 15 is 0 Å². The van der Waals surface area contributed by atoms with Crippen LogP contribution in [0.1, 0.15) is 24.0 Å². The minimum absolute atomic E-state index is 0.119. The Morgan fingerprint density at radius 1 is 1.19 bits per heavy atom. The monoisotopic (exact) mass is 352 g/mol. The summed E-state index contributed by atoms with van der Waals surface area (Å²) in [5.74, 6) is -1.45. The number of primary amides is 1. The third-order valence-electron chi connectivity index (χ3n) is 4.47.